The van der Waals surface area contributed by atoms with Crippen LogP contribution in [0, 0.1) is 12.3 Å². The van der Waals surface area contributed by atoms with Gasteiger partial charge in [-0.3, -0.25) is 4.79 Å². The predicted molar refractivity (Wildman–Crippen MR) is 114 cm³/mol. The number of rotatable bonds is 9. The topological polar surface area (TPSA) is 25.2 Å². The van der Waals surface area contributed by atoms with Crippen LogP contribution in [-0.4, -0.2) is 21.9 Å². The van der Waals surface area contributed by atoms with Gasteiger partial charge >= 0.3 is 0 Å². The molecule has 0 radical (unpaired) electrons. The summed E-state index contributed by atoms with van der Waals surface area (Å²) in [6.07, 6.45) is 6.13. The fraction of sp³-hybridized carbons (Fsp3) is 0.542. The number of aromatic nitrogens is 1. The van der Waals surface area contributed by atoms with Crippen molar-refractivity contribution in [3.8, 4) is 0 Å². The third-order valence-corrected chi connectivity index (χ3v) is 4.78. The van der Waals surface area contributed by atoms with Gasteiger partial charge in [-0.1, -0.05) is 70.4 Å². The van der Waals surface area contributed by atoms with Gasteiger partial charge in [0.15, 0.2) is 0 Å². The maximum absolute atomic E-state index is 12.9. The van der Waals surface area contributed by atoms with Gasteiger partial charge in [0, 0.05) is 31.4 Å². The summed E-state index contributed by atoms with van der Waals surface area (Å²) >= 11 is 0. The predicted octanol–water partition coefficient (Wildman–Crippen LogP) is 5.80. The Morgan fingerprint density at radius 2 is 1.89 bits per heavy atom. The van der Waals surface area contributed by atoms with Gasteiger partial charge in [0.1, 0.15) is 0 Å². The number of hydrogen-bond acceptors (Lipinski definition) is 1. The Labute approximate surface area is 165 Å². The zero-order valence-corrected chi connectivity index (χ0v) is 17.8. The van der Waals surface area contributed by atoms with Crippen molar-refractivity contribution in [2.75, 3.05) is 6.54 Å². The molecule has 0 bridgehead atoms. The van der Waals surface area contributed by atoms with Crippen molar-refractivity contribution in [1.29, 1.82) is 0 Å². The molecule has 2 rings (SSSR count). The average Bonchev–Trinajstić information content (AvgIpc) is 2.99. The monoisotopic (exact) mass is 368 g/mol. The van der Waals surface area contributed by atoms with Gasteiger partial charge in [0.25, 0.3) is 0 Å². The molecule has 1 aromatic carbocycles. The van der Waals surface area contributed by atoms with E-state index in [9.17, 15) is 4.79 Å². The summed E-state index contributed by atoms with van der Waals surface area (Å²) in [5.74, 6) is 0.266. The summed E-state index contributed by atoms with van der Waals surface area (Å²) in [7, 11) is 0. The molecular weight excluding hydrogens is 332 g/mol. The molecule has 148 valence electrons. The molecule has 0 saturated carbocycles. The van der Waals surface area contributed by atoms with Crippen molar-refractivity contribution in [2.24, 2.45) is 5.41 Å². The molecule has 1 heterocycles. The van der Waals surface area contributed by atoms with Crippen LogP contribution in [-0.2, 0) is 17.9 Å². The Morgan fingerprint density at radius 1 is 1.11 bits per heavy atom. The van der Waals surface area contributed by atoms with E-state index in [1.807, 2.05) is 0 Å². The molecule has 27 heavy (non-hydrogen) atoms. The summed E-state index contributed by atoms with van der Waals surface area (Å²) in [6.45, 7) is 13.1. The van der Waals surface area contributed by atoms with E-state index in [1.54, 1.807) is 0 Å². The van der Waals surface area contributed by atoms with E-state index in [2.05, 4.69) is 86.7 Å². The lowest BCUT2D eigenvalue weighted by atomic mass is 9.91. The third kappa shape index (κ3) is 7.24. The van der Waals surface area contributed by atoms with Crippen LogP contribution in [0.1, 0.15) is 70.2 Å². The largest absolute Gasteiger partial charge is 0.345 e. The van der Waals surface area contributed by atoms with Crippen molar-refractivity contribution in [2.45, 2.75) is 73.4 Å². The Bertz CT molecular complexity index is 724. The number of amides is 1. The molecule has 1 aromatic heterocycles. The summed E-state index contributed by atoms with van der Waals surface area (Å²) in [5, 5.41) is 0. The minimum Gasteiger partial charge on any atom is -0.345 e. The van der Waals surface area contributed by atoms with Crippen molar-refractivity contribution < 1.29 is 4.79 Å². The first-order chi connectivity index (χ1) is 12.8. The molecule has 0 fully saturated rings. The van der Waals surface area contributed by atoms with E-state index in [0.717, 1.165) is 19.5 Å². The first kappa shape index (κ1) is 21.3. The van der Waals surface area contributed by atoms with Crippen LogP contribution >= 0.6 is 0 Å². The average molecular weight is 369 g/mol. The van der Waals surface area contributed by atoms with Crippen LogP contribution in [0.4, 0.5) is 0 Å². The van der Waals surface area contributed by atoms with Crippen LogP contribution in [0.5, 0.6) is 0 Å². The summed E-state index contributed by atoms with van der Waals surface area (Å²) in [5.41, 5.74) is 3.80. The molecule has 2 aromatic rings. The maximum Gasteiger partial charge on any atom is 0.223 e. The fourth-order valence-electron chi connectivity index (χ4n) is 3.36. The quantitative estimate of drug-likeness (QED) is 0.514. The van der Waals surface area contributed by atoms with E-state index >= 15 is 0 Å². The zero-order valence-electron chi connectivity index (χ0n) is 17.8. The molecule has 0 aliphatic heterocycles. The summed E-state index contributed by atoms with van der Waals surface area (Å²) < 4.78 is 2.27. The molecule has 0 saturated heterocycles. The minimum absolute atomic E-state index is 0.0175. The first-order valence-electron chi connectivity index (χ1n) is 10.3. The smallest absolute Gasteiger partial charge is 0.223 e. The summed E-state index contributed by atoms with van der Waals surface area (Å²) in [4.78, 5) is 15.0. The van der Waals surface area contributed by atoms with Gasteiger partial charge in [0.05, 0.1) is 6.54 Å². The number of carbonyl (C=O) groups excluding carboxylic acids is 1. The maximum atomic E-state index is 12.9. The highest BCUT2D eigenvalue weighted by Gasteiger charge is 2.22. The number of nitrogens with zero attached hydrogens (tertiary/aromatic N) is 2. The summed E-state index contributed by atoms with van der Waals surface area (Å²) in [6, 6.07) is 12.9. The van der Waals surface area contributed by atoms with Crippen LogP contribution < -0.4 is 0 Å². The highest BCUT2D eigenvalue weighted by molar-refractivity contribution is 5.76. The molecular formula is C24H36N2O. The molecule has 3 heteroatoms. The third-order valence-electron chi connectivity index (χ3n) is 4.78. The normalized spacial score (nSPS) is 11.6. The van der Waals surface area contributed by atoms with Crippen LogP contribution in [0.2, 0.25) is 0 Å². The number of aryl methyl sites for hydroxylation is 1. The second kappa shape index (κ2) is 9.77. The minimum atomic E-state index is 0.0175. The fourth-order valence-corrected chi connectivity index (χ4v) is 3.36. The van der Waals surface area contributed by atoms with Crippen molar-refractivity contribution in [3.05, 3.63) is 59.4 Å². The molecule has 3 nitrogen and oxygen atoms in total. The van der Waals surface area contributed by atoms with Gasteiger partial charge in [-0.2, -0.15) is 0 Å². The van der Waals surface area contributed by atoms with E-state index in [4.69, 9.17) is 0 Å². The van der Waals surface area contributed by atoms with Gasteiger partial charge < -0.3 is 9.47 Å². The molecule has 0 aliphatic carbocycles. The van der Waals surface area contributed by atoms with Gasteiger partial charge in [-0.25, -0.2) is 0 Å². The van der Waals surface area contributed by atoms with Crippen molar-refractivity contribution in [3.63, 3.8) is 0 Å². The van der Waals surface area contributed by atoms with Gasteiger partial charge in [-0.15, -0.1) is 0 Å². The highest BCUT2D eigenvalue weighted by atomic mass is 16.2. The number of hydrogen-bond donors (Lipinski definition) is 0. The number of unbranched alkanes of at least 4 members (excludes halogenated alkanes) is 2. The lowest BCUT2D eigenvalue weighted by Crippen LogP contribution is -2.34. The second-order valence-electron chi connectivity index (χ2n) is 8.88. The lowest BCUT2D eigenvalue weighted by Gasteiger charge is -2.27. The van der Waals surface area contributed by atoms with E-state index in [1.165, 1.54) is 29.7 Å². The molecule has 1 amide bonds. The van der Waals surface area contributed by atoms with Gasteiger partial charge in [0.2, 0.25) is 5.91 Å². The van der Waals surface area contributed by atoms with Crippen LogP contribution in [0.15, 0.2) is 42.6 Å². The Kier molecular flexibility index (Phi) is 7.70. The molecule has 0 spiro atoms. The van der Waals surface area contributed by atoms with Crippen molar-refractivity contribution in [1.82, 2.24) is 9.47 Å². The number of benzene rings is 1. The standard InChI is InChI=1S/C24H36N2O/c1-6-7-8-14-26(23(27)17-24(3,4)5)19-22-13-10-15-25(22)18-21-12-9-11-20(2)16-21/h9-13,15-16H,6-8,14,17-19H2,1-5H3. The van der Waals surface area contributed by atoms with Crippen LogP contribution in [0.3, 0.4) is 0 Å². The van der Waals surface area contributed by atoms with Crippen LogP contribution in [0.25, 0.3) is 0 Å². The number of carbonyl (C=O) groups is 1. The zero-order chi connectivity index (χ0) is 19.9. The second-order valence-corrected chi connectivity index (χ2v) is 8.88. The lowest BCUT2D eigenvalue weighted by molar-refractivity contribution is -0.133. The molecule has 0 unspecified atom stereocenters. The van der Waals surface area contributed by atoms with E-state index < -0.39 is 0 Å². The van der Waals surface area contributed by atoms with E-state index in [-0.39, 0.29) is 11.3 Å². The molecule has 0 aliphatic rings. The molecule has 0 N–H and O–H groups in total. The van der Waals surface area contributed by atoms with E-state index in [0.29, 0.717) is 13.0 Å². The Morgan fingerprint density at radius 3 is 2.56 bits per heavy atom. The highest BCUT2D eigenvalue weighted by Crippen LogP contribution is 2.21. The Balaban J connectivity index is 2.12. The first-order valence-corrected chi connectivity index (χ1v) is 10.3. The SMILES string of the molecule is CCCCCN(Cc1cccn1Cc1cccc(C)c1)C(=O)CC(C)(C)C. The van der Waals surface area contributed by atoms with Crippen molar-refractivity contribution >= 4 is 5.91 Å². The molecule has 0 atom stereocenters. The Hall–Kier alpha value is -2.03. The van der Waals surface area contributed by atoms with Gasteiger partial charge in [-0.05, 0) is 36.5 Å².